The quantitative estimate of drug-likeness (QED) is 0.622. The van der Waals surface area contributed by atoms with E-state index in [0.29, 0.717) is 17.8 Å². The maximum atomic E-state index is 12.4. The molecule has 3 heterocycles. The normalized spacial score (nSPS) is 22.3. The van der Waals surface area contributed by atoms with Gasteiger partial charge in [0.05, 0.1) is 0 Å². The van der Waals surface area contributed by atoms with E-state index in [1.807, 2.05) is 26.8 Å². The number of rotatable bonds is 6. The zero-order valence-electron chi connectivity index (χ0n) is 19.1. The zero-order chi connectivity index (χ0) is 22.3. The van der Waals surface area contributed by atoms with Crippen LogP contribution in [0.4, 0.5) is 22.4 Å². The largest absolute Gasteiger partial charge is 0.444 e. The first-order valence-corrected chi connectivity index (χ1v) is 11.7. The molecule has 2 aromatic rings. The molecule has 5 rings (SSSR count). The molecule has 3 aliphatic rings. The van der Waals surface area contributed by atoms with Crippen LogP contribution in [0, 0.1) is 5.92 Å². The van der Waals surface area contributed by atoms with Gasteiger partial charge >= 0.3 is 6.09 Å². The van der Waals surface area contributed by atoms with Crippen molar-refractivity contribution in [2.45, 2.75) is 76.4 Å². The number of hydrogen-bond acceptors (Lipinski definition) is 7. The van der Waals surface area contributed by atoms with Gasteiger partial charge in [0, 0.05) is 42.5 Å². The lowest BCUT2D eigenvalue weighted by atomic mass is 9.88. The highest BCUT2D eigenvalue weighted by Crippen LogP contribution is 2.46. The lowest BCUT2D eigenvalue weighted by Crippen LogP contribution is -2.50. The molecule has 172 valence electrons. The number of ether oxygens (including phenoxy) is 1. The van der Waals surface area contributed by atoms with Crippen LogP contribution in [0.3, 0.4) is 0 Å². The topological polar surface area (TPSA) is 108 Å². The number of H-pyrrole nitrogens is 1. The summed E-state index contributed by atoms with van der Waals surface area (Å²) in [6.07, 6.45) is 8.06. The number of alkyl carbamates (subject to hydrolysis) is 1. The highest BCUT2D eigenvalue weighted by atomic mass is 16.6. The summed E-state index contributed by atoms with van der Waals surface area (Å²) in [4.78, 5) is 23.9. The Morgan fingerprint density at radius 2 is 2.06 bits per heavy atom. The first-order chi connectivity index (χ1) is 15.3. The Balaban J connectivity index is 1.23. The summed E-state index contributed by atoms with van der Waals surface area (Å²) in [5.41, 5.74) is 0.534. The Labute approximate surface area is 188 Å². The Morgan fingerprint density at radius 1 is 1.25 bits per heavy atom. The fourth-order valence-corrected chi connectivity index (χ4v) is 4.59. The van der Waals surface area contributed by atoms with Gasteiger partial charge in [-0.2, -0.15) is 10.1 Å². The molecule has 9 heteroatoms. The lowest BCUT2D eigenvalue weighted by Gasteiger charge is -2.38. The third-order valence-electron chi connectivity index (χ3n) is 6.54. The number of aromatic amines is 1. The highest BCUT2D eigenvalue weighted by molar-refractivity contribution is 5.69. The van der Waals surface area contributed by atoms with Crippen LogP contribution in [-0.4, -0.2) is 50.5 Å². The maximum absolute atomic E-state index is 12.4. The first kappa shape index (κ1) is 21.0. The molecule has 1 unspecified atom stereocenters. The fraction of sp³-hybridized carbons (Fsp3) is 0.652. The van der Waals surface area contributed by atoms with Gasteiger partial charge in [-0.05, 0) is 71.3 Å². The minimum absolute atomic E-state index is 0.162. The predicted molar refractivity (Wildman–Crippen MR) is 122 cm³/mol. The molecule has 0 radical (unpaired) electrons. The van der Waals surface area contributed by atoms with Crippen molar-refractivity contribution in [3.05, 3.63) is 24.0 Å². The number of amides is 1. The molecule has 2 saturated carbocycles. The van der Waals surface area contributed by atoms with Crippen molar-refractivity contribution in [1.82, 2.24) is 25.5 Å². The number of carbonyl (C=O) groups excluding carboxylic acids is 1. The smallest absolute Gasteiger partial charge is 0.408 e. The van der Waals surface area contributed by atoms with E-state index in [1.54, 1.807) is 6.20 Å². The van der Waals surface area contributed by atoms with Crippen molar-refractivity contribution in [2.24, 2.45) is 5.92 Å². The molecular formula is C23H33N7O2. The second-order valence-electron chi connectivity index (χ2n) is 10.4. The number of hydrogen-bond donors (Lipinski definition) is 3. The van der Waals surface area contributed by atoms with Crippen molar-refractivity contribution in [3.63, 3.8) is 0 Å². The van der Waals surface area contributed by atoms with Crippen molar-refractivity contribution >= 4 is 23.7 Å². The third-order valence-corrected chi connectivity index (χ3v) is 6.54. The molecule has 1 amide bonds. The van der Waals surface area contributed by atoms with E-state index >= 15 is 0 Å². The van der Waals surface area contributed by atoms with Gasteiger partial charge in [-0.25, -0.2) is 9.78 Å². The van der Waals surface area contributed by atoms with Gasteiger partial charge in [-0.3, -0.25) is 5.10 Å². The number of nitrogens with zero attached hydrogens (tertiary/aromatic N) is 4. The van der Waals surface area contributed by atoms with Crippen LogP contribution in [0.2, 0.25) is 0 Å². The van der Waals surface area contributed by atoms with Crippen molar-refractivity contribution in [2.75, 3.05) is 23.3 Å². The van der Waals surface area contributed by atoms with Gasteiger partial charge in [0.2, 0.25) is 5.95 Å². The fourth-order valence-electron chi connectivity index (χ4n) is 4.59. The molecule has 2 aliphatic carbocycles. The van der Waals surface area contributed by atoms with Gasteiger partial charge in [-0.15, -0.1) is 0 Å². The summed E-state index contributed by atoms with van der Waals surface area (Å²) in [6, 6.07) is 3.93. The summed E-state index contributed by atoms with van der Waals surface area (Å²) in [5, 5.41) is 13.9. The molecule has 1 atom stereocenters. The van der Waals surface area contributed by atoms with E-state index in [9.17, 15) is 4.79 Å². The average Bonchev–Trinajstić information content (AvgIpc) is 3.67. The van der Waals surface area contributed by atoms with Gasteiger partial charge in [-0.1, -0.05) is 0 Å². The van der Waals surface area contributed by atoms with Gasteiger partial charge in [0.25, 0.3) is 0 Å². The maximum Gasteiger partial charge on any atom is 0.408 e. The van der Waals surface area contributed by atoms with Gasteiger partial charge in [0.1, 0.15) is 11.4 Å². The van der Waals surface area contributed by atoms with Crippen LogP contribution in [0.15, 0.2) is 18.3 Å². The molecule has 2 aromatic heterocycles. The summed E-state index contributed by atoms with van der Waals surface area (Å²) >= 11 is 0. The summed E-state index contributed by atoms with van der Waals surface area (Å²) in [5.74, 6) is 3.22. The Kier molecular flexibility index (Phi) is 5.22. The van der Waals surface area contributed by atoms with E-state index in [4.69, 9.17) is 9.72 Å². The molecule has 1 saturated heterocycles. The lowest BCUT2D eigenvalue weighted by molar-refractivity contribution is 0.0470. The van der Waals surface area contributed by atoms with Crippen LogP contribution in [-0.2, 0) is 4.74 Å². The molecule has 0 spiro atoms. The summed E-state index contributed by atoms with van der Waals surface area (Å²) < 4.78 is 5.50. The number of piperidine rings is 1. The van der Waals surface area contributed by atoms with E-state index < -0.39 is 5.60 Å². The number of aromatic nitrogens is 4. The Hall–Kier alpha value is -2.84. The first-order valence-electron chi connectivity index (χ1n) is 11.7. The van der Waals surface area contributed by atoms with Crippen LogP contribution in [0.25, 0.3) is 0 Å². The minimum atomic E-state index is -0.492. The van der Waals surface area contributed by atoms with Crippen LogP contribution < -0.4 is 15.5 Å². The summed E-state index contributed by atoms with van der Waals surface area (Å²) in [7, 11) is 0. The van der Waals surface area contributed by atoms with E-state index in [1.165, 1.54) is 18.5 Å². The van der Waals surface area contributed by atoms with E-state index in [-0.39, 0.29) is 11.6 Å². The second kappa shape index (κ2) is 7.94. The van der Waals surface area contributed by atoms with E-state index in [0.717, 1.165) is 50.4 Å². The molecule has 9 nitrogen and oxygen atoms in total. The van der Waals surface area contributed by atoms with Crippen LogP contribution in [0.5, 0.6) is 0 Å². The molecule has 3 fully saturated rings. The second-order valence-corrected chi connectivity index (χ2v) is 10.4. The van der Waals surface area contributed by atoms with Crippen molar-refractivity contribution in [3.8, 4) is 0 Å². The zero-order valence-corrected chi connectivity index (χ0v) is 19.1. The average molecular weight is 440 g/mol. The van der Waals surface area contributed by atoms with Gasteiger partial charge < -0.3 is 20.3 Å². The molecular weight excluding hydrogens is 406 g/mol. The minimum Gasteiger partial charge on any atom is -0.444 e. The molecule has 1 aliphatic heterocycles. The molecule has 32 heavy (non-hydrogen) atoms. The Morgan fingerprint density at radius 3 is 2.78 bits per heavy atom. The molecule has 0 aromatic carbocycles. The third kappa shape index (κ3) is 4.81. The molecule has 3 N–H and O–H groups in total. The highest BCUT2D eigenvalue weighted by Gasteiger charge is 2.52. The standard InChI is InChI=1S/C23H33N7O2/c1-22(2,3)32-21(31)27-23(9-10-23)16-5-4-12-30(14-16)20-24-11-8-18(26-20)25-19-13-17(28-29-19)15-6-7-15/h8,11,13,15-16H,4-7,9-10,12,14H2,1-3H3,(H,27,31)(H2,24,25,26,28,29). The van der Waals surface area contributed by atoms with Crippen LogP contribution in [0.1, 0.15) is 70.9 Å². The van der Waals surface area contributed by atoms with Crippen molar-refractivity contribution < 1.29 is 9.53 Å². The monoisotopic (exact) mass is 439 g/mol. The SMILES string of the molecule is CC(C)(C)OC(=O)NC1(C2CCCN(c3nccc(Nc4cc(C5CC5)[nH]n4)n3)C2)CC1. The van der Waals surface area contributed by atoms with E-state index in [2.05, 4.69) is 36.8 Å². The molecule has 0 bridgehead atoms. The summed E-state index contributed by atoms with van der Waals surface area (Å²) in [6.45, 7) is 7.41. The van der Waals surface area contributed by atoms with Gasteiger partial charge in [0.15, 0.2) is 5.82 Å². The number of anilines is 3. The van der Waals surface area contributed by atoms with Crippen LogP contribution >= 0.6 is 0 Å². The Bertz CT molecular complexity index is 975. The number of nitrogens with one attached hydrogen (secondary N) is 3. The predicted octanol–water partition coefficient (Wildman–Crippen LogP) is 4.09. The van der Waals surface area contributed by atoms with Crippen molar-refractivity contribution in [1.29, 1.82) is 0 Å². The number of carbonyl (C=O) groups is 1.